The summed E-state index contributed by atoms with van der Waals surface area (Å²) in [5.41, 5.74) is 8.52. The number of nitrogens with one attached hydrogen (secondary N) is 2. The standard InChI is InChI=1S/C25H24N6O2/c26-20-9-18(12-28-15-20)23-10-17-11-24(30-14-19(17)13-29-23)31-25(32)16-1-3-21(4-2-16)33-22-5-7-27-8-6-22/h1-4,9-15,22,27H,5-8,26H2,(H,30,31,32). The molecule has 1 fully saturated rings. The fourth-order valence-corrected chi connectivity index (χ4v) is 3.84. The van der Waals surface area contributed by atoms with E-state index in [1.54, 1.807) is 36.9 Å². The average molecular weight is 441 g/mol. The summed E-state index contributed by atoms with van der Waals surface area (Å²) in [6, 6.07) is 12.8. The molecule has 1 aliphatic heterocycles. The van der Waals surface area contributed by atoms with Crippen molar-refractivity contribution in [2.45, 2.75) is 18.9 Å². The van der Waals surface area contributed by atoms with Crippen LogP contribution in [0.2, 0.25) is 0 Å². The largest absolute Gasteiger partial charge is 0.490 e. The molecule has 0 aliphatic carbocycles. The second-order valence-electron chi connectivity index (χ2n) is 8.04. The molecule has 0 saturated carbocycles. The first-order valence-electron chi connectivity index (χ1n) is 10.9. The van der Waals surface area contributed by atoms with E-state index in [0.29, 0.717) is 17.1 Å². The van der Waals surface area contributed by atoms with Crippen LogP contribution in [0.3, 0.4) is 0 Å². The number of anilines is 2. The lowest BCUT2D eigenvalue weighted by Gasteiger charge is -2.23. The highest BCUT2D eigenvalue weighted by Crippen LogP contribution is 2.24. The van der Waals surface area contributed by atoms with E-state index in [2.05, 4.69) is 25.6 Å². The SMILES string of the molecule is Nc1cncc(-c2cc3cc(NC(=O)c4ccc(OC5CCNCC5)cc4)ncc3cn2)c1. The number of piperidine rings is 1. The summed E-state index contributed by atoms with van der Waals surface area (Å²) in [7, 11) is 0. The highest BCUT2D eigenvalue weighted by Gasteiger charge is 2.15. The molecule has 1 saturated heterocycles. The van der Waals surface area contributed by atoms with Gasteiger partial charge >= 0.3 is 0 Å². The number of benzene rings is 1. The van der Waals surface area contributed by atoms with Gasteiger partial charge in [0.15, 0.2) is 0 Å². The molecule has 3 aromatic heterocycles. The van der Waals surface area contributed by atoms with Gasteiger partial charge in [0, 0.05) is 41.3 Å². The number of carbonyl (C=O) groups excluding carboxylic acids is 1. The van der Waals surface area contributed by atoms with Gasteiger partial charge in [-0.05, 0) is 73.8 Å². The molecular formula is C25H24N6O2. The summed E-state index contributed by atoms with van der Waals surface area (Å²) < 4.78 is 6.01. The monoisotopic (exact) mass is 440 g/mol. The first kappa shape index (κ1) is 20.8. The molecule has 166 valence electrons. The van der Waals surface area contributed by atoms with Crippen molar-refractivity contribution in [3.63, 3.8) is 0 Å². The zero-order valence-corrected chi connectivity index (χ0v) is 18.0. The lowest BCUT2D eigenvalue weighted by molar-refractivity contribution is 0.102. The fraction of sp³-hybridized carbons (Fsp3) is 0.200. The first-order chi connectivity index (χ1) is 16.1. The maximum atomic E-state index is 12.7. The Hall–Kier alpha value is -4.04. The molecule has 1 aliphatic rings. The smallest absolute Gasteiger partial charge is 0.256 e. The Morgan fingerprint density at radius 3 is 2.55 bits per heavy atom. The molecule has 0 bridgehead atoms. The third-order valence-corrected chi connectivity index (χ3v) is 5.61. The molecule has 0 spiro atoms. The molecule has 0 radical (unpaired) electrons. The minimum atomic E-state index is -0.232. The van der Waals surface area contributed by atoms with Crippen LogP contribution in [0.25, 0.3) is 22.0 Å². The molecule has 33 heavy (non-hydrogen) atoms. The van der Waals surface area contributed by atoms with E-state index >= 15 is 0 Å². The lowest BCUT2D eigenvalue weighted by Crippen LogP contribution is -2.34. The summed E-state index contributed by atoms with van der Waals surface area (Å²) in [6.45, 7) is 1.94. The number of carbonyl (C=O) groups is 1. The van der Waals surface area contributed by atoms with E-state index in [4.69, 9.17) is 10.5 Å². The van der Waals surface area contributed by atoms with Crippen LogP contribution in [0.5, 0.6) is 5.75 Å². The zero-order chi connectivity index (χ0) is 22.6. The Balaban J connectivity index is 1.30. The van der Waals surface area contributed by atoms with Crippen molar-refractivity contribution in [1.82, 2.24) is 20.3 Å². The summed E-state index contributed by atoms with van der Waals surface area (Å²) in [6.07, 6.45) is 8.93. The minimum Gasteiger partial charge on any atom is -0.490 e. The van der Waals surface area contributed by atoms with Gasteiger partial charge in [0.25, 0.3) is 5.91 Å². The molecule has 4 aromatic rings. The van der Waals surface area contributed by atoms with Gasteiger partial charge in [-0.25, -0.2) is 4.98 Å². The fourth-order valence-electron chi connectivity index (χ4n) is 3.84. The van der Waals surface area contributed by atoms with Crippen molar-refractivity contribution in [1.29, 1.82) is 0 Å². The topological polar surface area (TPSA) is 115 Å². The second-order valence-corrected chi connectivity index (χ2v) is 8.04. The summed E-state index contributed by atoms with van der Waals surface area (Å²) in [5, 5.41) is 7.96. The van der Waals surface area contributed by atoms with E-state index in [1.807, 2.05) is 30.3 Å². The number of nitrogens with zero attached hydrogens (tertiary/aromatic N) is 3. The number of amides is 1. The van der Waals surface area contributed by atoms with Gasteiger partial charge in [0.1, 0.15) is 17.7 Å². The molecule has 8 nitrogen and oxygen atoms in total. The maximum absolute atomic E-state index is 12.7. The zero-order valence-electron chi connectivity index (χ0n) is 18.0. The lowest BCUT2D eigenvalue weighted by atomic mass is 10.1. The van der Waals surface area contributed by atoms with E-state index in [-0.39, 0.29) is 12.0 Å². The number of nitrogens with two attached hydrogens (primary N) is 1. The second kappa shape index (κ2) is 9.22. The van der Waals surface area contributed by atoms with Gasteiger partial charge in [-0.15, -0.1) is 0 Å². The van der Waals surface area contributed by atoms with E-state index in [9.17, 15) is 4.79 Å². The molecular weight excluding hydrogens is 416 g/mol. The van der Waals surface area contributed by atoms with Gasteiger partial charge in [0.2, 0.25) is 0 Å². The van der Waals surface area contributed by atoms with Crippen LogP contribution in [0.4, 0.5) is 11.5 Å². The van der Waals surface area contributed by atoms with Crippen LogP contribution in [-0.2, 0) is 0 Å². The summed E-state index contributed by atoms with van der Waals surface area (Å²) in [5.74, 6) is 1.01. The average Bonchev–Trinajstić information content (AvgIpc) is 2.85. The minimum absolute atomic E-state index is 0.218. The summed E-state index contributed by atoms with van der Waals surface area (Å²) >= 11 is 0. The predicted octanol–water partition coefficient (Wildman–Crippen LogP) is 3.66. The van der Waals surface area contributed by atoms with Crippen LogP contribution < -0.4 is 21.1 Å². The predicted molar refractivity (Wildman–Crippen MR) is 128 cm³/mol. The molecule has 0 unspecified atom stereocenters. The first-order valence-corrected chi connectivity index (χ1v) is 10.9. The van der Waals surface area contributed by atoms with Crippen LogP contribution in [-0.4, -0.2) is 40.1 Å². The number of ether oxygens (including phenoxy) is 1. The molecule has 4 N–H and O–H groups in total. The highest BCUT2D eigenvalue weighted by atomic mass is 16.5. The van der Waals surface area contributed by atoms with E-state index in [1.165, 1.54) is 0 Å². The maximum Gasteiger partial charge on any atom is 0.256 e. The third-order valence-electron chi connectivity index (χ3n) is 5.61. The van der Waals surface area contributed by atoms with Gasteiger partial charge in [-0.2, -0.15) is 0 Å². The van der Waals surface area contributed by atoms with Crippen molar-refractivity contribution in [3.05, 3.63) is 72.8 Å². The number of hydrogen-bond acceptors (Lipinski definition) is 7. The molecule has 8 heteroatoms. The molecule has 4 heterocycles. The van der Waals surface area contributed by atoms with Crippen molar-refractivity contribution in [2.75, 3.05) is 24.1 Å². The van der Waals surface area contributed by atoms with Gasteiger partial charge in [-0.1, -0.05) is 0 Å². The summed E-state index contributed by atoms with van der Waals surface area (Å²) in [4.78, 5) is 25.7. The Morgan fingerprint density at radius 2 is 1.76 bits per heavy atom. The van der Waals surface area contributed by atoms with Crippen LogP contribution in [0.15, 0.2) is 67.3 Å². The molecule has 0 atom stereocenters. The van der Waals surface area contributed by atoms with Crippen LogP contribution in [0.1, 0.15) is 23.2 Å². The van der Waals surface area contributed by atoms with Crippen molar-refractivity contribution in [2.24, 2.45) is 0 Å². The number of nitrogen functional groups attached to an aromatic ring is 1. The number of pyridine rings is 3. The molecule has 1 amide bonds. The number of rotatable bonds is 5. The van der Waals surface area contributed by atoms with Gasteiger partial charge < -0.3 is 21.1 Å². The number of hydrogen-bond donors (Lipinski definition) is 3. The third kappa shape index (κ3) is 4.91. The normalized spacial score (nSPS) is 14.2. The number of fused-ring (bicyclic) bond motifs is 1. The van der Waals surface area contributed by atoms with Crippen molar-refractivity contribution >= 4 is 28.2 Å². The highest BCUT2D eigenvalue weighted by molar-refractivity contribution is 6.04. The molecule has 5 rings (SSSR count). The van der Waals surface area contributed by atoms with Gasteiger partial charge in [0.05, 0.1) is 11.4 Å². The Labute approximate surface area is 191 Å². The Bertz CT molecular complexity index is 1290. The van der Waals surface area contributed by atoms with Crippen molar-refractivity contribution < 1.29 is 9.53 Å². The van der Waals surface area contributed by atoms with Crippen LogP contribution in [0, 0.1) is 0 Å². The van der Waals surface area contributed by atoms with E-state index < -0.39 is 0 Å². The quantitative estimate of drug-likeness (QED) is 0.434. The number of aromatic nitrogens is 3. The van der Waals surface area contributed by atoms with Crippen molar-refractivity contribution in [3.8, 4) is 17.0 Å². The van der Waals surface area contributed by atoms with E-state index in [0.717, 1.165) is 53.7 Å². The Kier molecular flexibility index (Phi) is 5.82. The Morgan fingerprint density at radius 1 is 0.970 bits per heavy atom. The van der Waals surface area contributed by atoms with Crippen LogP contribution >= 0.6 is 0 Å². The van der Waals surface area contributed by atoms with Gasteiger partial charge in [-0.3, -0.25) is 14.8 Å². The molecule has 1 aromatic carbocycles.